The number of hydrogen-bond donors (Lipinski definition) is 1. The Kier molecular flexibility index (Phi) is 5.01. The monoisotopic (exact) mass is 271 g/mol. The third kappa shape index (κ3) is 4.28. The Hall–Kier alpha value is -2.01. The van der Waals surface area contributed by atoms with Crippen molar-refractivity contribution in [3.63, 3.8) is 0 Å². The molecule has 0 radical (unpaired) electrons. The molecule has 2 aromatic heterocycles. The van der Waals surface area contributed by atoms with Crippen molar-refractivity contribution < 1.29 is 0 Å². The van der Waals surface area contributed by atoms with E-state index in [1.165, 1.54) is 0 Å². The third-order valence-corrected chi connectivity index (χ3v) is 2.90. The topological polar surface area (TPSA) is 53.9 Å². The second-order valence-electron chi connectivity index (χ2n) is 5.08. The summed E-state index contributed by atoms with van der Waals surface area (Å²) >= 11 is 0. The Balaban J connectivity index is 1.95. The predicted molar refractivity (Wildman–Crippen MR) is 80.4 cm³/mol. The van der Waals surface area contributed by atoms with Gasteiger partial charge in [-0.15, -0.1) is 0 Å². The fourth-order valence-corrected chi connectivity index (χ4v) is 1.76. The molecule has 5 heteroatoms. The number of pyridine rings is 1. The first-order valence-corrected chi connectivity index (χ1v) is 6.80. The summed E-state index contributed by atoms with van der Waals surface area (Å²) in [5.41, 5.74) is 1.97. The van der Waals surface area contributed by atoms with Gasteiger partial charge in [0.15, 0.2) is 0 Å². The lowest BCUT2D eigenvalue weighted by Gasteiger charge is -2.17. The average Bonchev–Trinajstić information content (AvgIpc) is 2.46. The van der Waals surface area contributed by atoms with Crippen LogP contribution in [0.25, 0.3) is 0 Å². The van der Waals surface area contributed by atoms with E-state index in [1.54, 1.807) is 12.4 Å². The Labute approximate surface area is 120 Å². The maximum absolute atomic E-state index is 4.45. The number of aromatic nitrogens is 3. The van der Waals surface area contributed by atoms with Gasteiger partial charge in [0, 0.05) is 25.8 Å². The number of rotatable bonds is 6. The van der Waals surface area contributed by atoms with E-state index in [2.05, 4.69) is 34.1 Å². The van der Waals surface area contributed by atoms with Crippen LogP contribution >= 0.6 is 0 Å². The maximum Gasteiger partial charge on any atom is 0.147 e. The lowest BCUT2D eigenvalue weighted by atomic mass is 10.3. The molecule has 0 bridgehead atoms. The van der Waals surface area contributed by atoms with E-state index in [-0.39, 0.29) is 0 Å². The lowest BCUT2D eigenvalue weighted by molar-refractivity contribution is 0.580. The zero-order chi connectivity index (χ0) is 14.4. The van der Waals surface area contributed by atoms with Gasteiger partial charge in [-0.05, 0) is 12.1 Å². The van der Waals surface area contributed by atoms with Crippen LogP contribution in [0.15, 0.2) is 36.8 Å². The third-order valence-electron chi connectivity index (χ3n) is 2.90. The van der Waals surface area contributed by atoms with Gasteiger partial charge in [0.2, 0.25) is 0 Å². The highest BCUT2D eigenvalue weighted by molar-refractivity contribution is 5.35. The average molecular weight is 271 g/mol. The van der Waals surface area contributed by atoms with Crippen LogP contribution in [0.1, 0.15) is 25.2 Å². The summed E-state index contributed by atoms with van der Waals surface area (Å²) in [5, 5.41) is 3.32. The van der Waals surface area contributed by atoms with Gasteiger partial charge in [-0.3, -0.25) is 9.97 Å². The summed E-state index contributed by atoms with van der Waals surface area (Å²) in [6.07, 6.45) is 5.43. The number of nitrogens with one attached hydrogen (secondary N) is 1. The predicted octanol–water partition coefficient (Wildman–Crippen LogP) is 2.01. The van der Waals surface area contributed by atoms with Crippen LogP contribution in [0, 0.1) is 0 Å². The molecule has 5 nitrogen and oxygen atoms in total. The molecule has 0 atom stereocenters. The van der Waals surface area contributed by atoms with Crippen LogP contribution in [-0.2, 0) is 13.1 Å². The fraction of sp³-hybridized carbons (Fsp3) is 0.400. The molecule has 0 aliphatic rings. The quantitative estimate of drug-likeness (QED) is 0.871. The normalized spacial score (nSPS) is 10.8. The van der Waals surface area contributed by atoms with Gasteiger partial charge in [-0.2, -0.15) is 0 Å². The highest BCUT2D eigenvalue weighted by Crippen LogP contribution is 2.10. The Morgan fingerprint density at radius 3 is 2.55 bits per heavy atom. The minimum absolute atomic E-state index is 0.448. The van der Waals surface area contributed by atoms with Gasteiger partial charge < -0.3 is 10.2 Å². The van der Waals surface area contributed by atoms with E-state index in [9.17, 15) is 0 Å². The number of hydrogen-bond acceptors (Lipinski definition) is 5. The van der Waals surface area contributed by atoms with Crippen LogP contribution < -0.4 is 10.2 Å². The second kappa shape index (κ2) is 6.96. The van der Waals surface area contributed by atoms with Gasteiger partial charge in [0.1, 0.15) is 5.82 Å². The Morgan fingerprint density at radius 2 is 1.95 bits per heavy atom. The van der Waals surface area contributed by atoms with Crippen LogP contribution in [0.2, 0.25) is 0 Å². The smallest absolute Gasteiger partial charge is 0.147 e. The molecule has 0 amide bonds. The molecule has 2 rings (SSSR count). The zero-order valence-corrected chi connectivity index (χ0v) is 12.2. The highest BCUT2D eigenvalue weighted by atomic mass is 15.2. The molecule has 0 fully saturated rings. The SMILES string of the molecule is CC(C)NCc1cnc(N(C)Cc2ccccn2)cn1. The molecule has 2 aromatic rings. The van der Waals surface area contributed by atoms with Crippen molar-refractivity contribution >= 4 is 5.82 Å². The molecule has 2 heterocycles. The first-order chi connectivity index (χ1) is 9.65. The molecule has 0 saturated carbocycles. The first-order valence-electron chi connectivity index (χ1n) is 6.80. The summed E-state index contributed by atoms with van der Waals surface area (Å²) in [4.78, 5) is 15.2. The van der Waals surface area contributed by atoms with Crippen molar-refractivity contribution in [2.24, 2.45) is 0 Å². The summed E-state index contributed by atoms with van der Waals surface area (Å²) in [7, 11) is 1.99. The van der Waals surface area contributed by atoms with E-state index in [4.69, 9.17) is 0 Å². The molecule has 0 unspecified atom stereocenters. The summed E-state index contributed by atoms with van der Waals surface area (Å²) in [5.74, 6) is 0.851. The maximum atomic E-state index is 4.45. The highest BCUT2D eigenvalue weighted by Gasteiger charge is 2.05. The summed E-state index contributed by atoms with van der Waals surface area (Å²) in [6.45, 7) is 5.69. The van der Waals surface area contributed by atoms with Crippen molar-refractivity contribution in [3.8, 4) is 0 Å². The molecule has 0 aliphatic heterocycles. The summed E-state index contributed by atoms with van der Waals surface area (Å²) < 4.78 is 0. The molecular formula is C15H21N5. The molecule has 0 spiro atoms. The largest absolute Gasteiger partial charge is 0.353 e. The molecular weight excluding hydrogens is 250 g/mol. The molecule has 1 N–H and O–H groups in total. The molecule has 20 heavy (non-hydrogen) atoms. The van der Waals surface area contributed by atoms with E-state index >= 15 is 0 Å². The number of anilines is 1. The van der Waals surface area contributed by atoms with E-state index < -0.39 is 0 Å². The minimum atomic E-state index is 0.448. The molecule has 106 valence electrons. The van der Waals surface area contributed by atoms with Crippen molar-refractivity contribution in [2.75, 3.05) is 11.9 Å². The van der Waals surface area contributed by atoms with Crippen LogP contribution in [-0.4, -0.2) is 28.0 Å². The van der Waals surface area contributed by atoms with Crippen molar-refractivity contribution in [2.45, 2.75) is 33.0 Å². The van der Waals surface area contributed by atoms with Gasteiger partial charge in [-0.1, -0.05) is 19.9 Å². The molecule has 0 saturated heterocycles. The minimum Gasteiger partial charge on any atom is -0.353 e. The van der Waals surface area contributed by atoms with Crippen molar-refractivity contribution in [3.05, 3.63) is 48.2 Å². The number of nitrogens with zero attached hydrogens (tertiary/aromatic N) is 4. The van der Waals surface area contributed by atoms with Gasteiger partial charge >= 0.3 is 0 Å². The fourth-order valence-electron chi connectivity index (χ4n) is 1.76. The van der Waals surface area contributed by atoms with Crippen LogP contribution in [0.5, 0.6) is 0 Å². The van der Waals surface area contributed by atoms with Gasteiger partial charge in [-0.25, -0.2) is 4.98 Å². The first kappa shape index (κ1) is 14.4. The van der Waals surface area contributed by atoms with Crippen molar-refractivity contribution in [1.82, 2.24) is 20.3 Å². The van der Waals surface area contributed by atoms with E-state index in [1.807, 2.05) is 36.3 Å². The Morgan fingerprint density at radius 1 is 1.10 bits per heavy atom. The van der Waals surface area contributed by atoms with Gasteiger partial charge in [0.25, 0.3) is 0 Å². The Bertz CT molecular complexity index is 510. The summed E-state index contributed by atoms with van der Waals surface area (Å²) in [6, 6.07) is 6.36. The van der Waals surface area contributed by atoms with E-state index in [0.29, 0.717) is 6.04 Å². The van der Waals surface area contributed by atoms with Gasteiger partial charge in [0.05, 0.1) is 30.3 Å². The van der Waals surface area contributed by atoms with Crippen LogP contribution in [0.4, 0.5) is 5.82 Å². The van der Waals surface area contributed by atoms with E-state index in [0.717, 1.165) is 30.3 Å². The zero-order valence-electron chi connectivity index (χ0n) is 12.2. The second-order valence-corrected chi connectivity index (χ2v) is 5.08. The molecule has 0 aromatic carbocycles. The lowest BCUT2D eigenvalue weighted by Crippen LogP contribution is -2.23. The van der Waals surface area contributed by atoms with Crippen molar-refractivity contribution in [1.29, 1.82) is 0 Å². The molecule has 0 aliphatic carbocycles. The standard InChI is InChI=1S/C15H21N5/c1-12(2)17-8-14-9-19-15(10-18-14)20(3)11-13-6-4-5-7-16-13/h4-7,9-10,12,17H,8,11H2,1-3H3. The van der Waals surface area contributed by atoms with Crippen LogP contribution in [0.3, 0.4) is 0 Å².